The van der Waals surface area contributed by atoms with Crippen molar-refractivity contribution in [2.24, 2.45) is 0 Å². The third-order valence-electron chi connectivity index (χ3n) is 0. The summed E-state index contributed by atoms with van der Waals surface area (Å²) in [6.07, 6.45) is 0. The standard InChI is InChI=1S/2Li.2Mg. The monoisotopic (exact) mass is 62.0 g/mol. The van der Waals surface area contributed by atoms with Crippen LogP contribution in [0.2, 0.25) is 0 Å². The first-order valence-electron chi connectivity index (χ1n) is 0. The van der Waals surface area contributed by atoms with Crippen LogP contribution in [-0.4, -0.2) is 83.8 Å². The van der Waals surface area contributed by atoms with E-state index in [0.717, 1.165) is 0 Å². The zero-order valence-electron chi connectivity index (χ0n) is 3.41. The van der Waals surface area contributed by atoms with Gasteiger partial charge in [0.15, 0.2) is 0 Å². The largest absolute Gasteiger partial charge is 0 e. The molecule has 0 unspecified atom stereocenters. The summed E-state index contributed by atoms with van der Waals surface area (Å²) in [5.41, 5.74) is 0. The topological polar surface area (TPSA) is 0 Å². The molecule has 0 spiro atoms. The van der Waals surface area contributed by atoms with E-state index in [2.05, 4.69) is 0 Å². The van der Waals surface area contributed by atoms with Gasteiger partial charge >= 0.3 is 0 Å². The molecule has 4 heteroatoms. The first kappa shape index (κ1) is 29.7. The van der Waals surface area contributed by atoms with E-state index < -0.39 is 0 Å². The maximum absolute atomic E-state index is 0. The van der Waals surface area contributed by atoms with Gasteiger partial charge in [-0.15, -0.1) is 0 Å². The van der Waals surface area contributed by atoms with Gasteiger partial charge in [-0.05, 0) is 0 Å². The summed E-state index contributed by atoms with van der Waals surface area (Å²) in [5, 5.41) is 0. The van der Waals surface area contributed by atoms with E-state index in [9.17, 15) is 0 Å². The van der Waals surface area contributed by atoms with E-state index >= 15 is 0 Å². The Bertz CT molecular complexity index is 4.00. The minimum absolute atomic E-state index is 0. The number of hydrogen-bond donors (Lipinski definition) is 0. The molecule has 0 N–H and O–H groups in total. The maximum Gasteiger partial charge on any atom is 0 e. The summed E-state index contributed by atoms with van der Waals surface area (Å²) in [4.78, 5) is 0. The van der Waals surface area contributed by atoms with Gasteiger partial charge in [0.1, 0.15) is 0 Å². The molecule has 0 aromatic heterocycles. The quantitative estimate of drug-likeness (QED) is 0.299. The van der Waals surface area contributed by atoms with Crippen LogP contribution in [0.4, 0.5) is 0 Å². The van der Waals surface area contributed by atoms with Crippen molar-refractivity contribution in [1.82, 2.24) is 0 Å². The summed E-state index contributed by atoms with van der Waals surface area (Å²) in [6.45, 7) is 0. The van der Waals surface area contributed by atoms with Gasteiger partial charge in [0.2, 0.25) is 0 Å². The first-order valence-corrected chi connectivity index (χ1v) is 0. The van der Waals surface area contributed by atoms with E-state index in [4.69, 9.17) is 0 Å². The summed E-state index contributed by atoms with van der Waals surface area (Å²) in [5.74, 6) is 0. The van der Waals surface area contributed by atoms with Crippen LogP contribution >= 0.6 is 0 Å². The van der Waals surface area contributed by atoms with Gasteiger partial charge in [-0.2, -0.15) is 0 Å². The maximum atomic E-state index is 0. The van der Waals surface area contributed by atoms with E-state index in [-0.39, 0.29) is 83.8 Å². The molecule has 0 saturated carbocycles. The SMILES string of the molecule is [Li].[Li].[Mg].[Mg]. The summed E-state index contributed by atoms with van der Waals surface area (Å²) in [7, 11) is 0. The first-order chi connectivity index (χ1) is 0. The normalized spacial score (nSPS) is 0. The summed E-state index contributed by atoms with van der Waals surface area (Å²) < 4.78 is 0. The van der Waals surface area contributed by atoms with Crippen molar-refractivity contribution in [3.8, 4) is 0 Å². The molecular weight excluding hydrogens is 62.5 g/mol. The number of rotatable bonds is 0. The van der Waals surface area contributed by atoms with Crippen LogP contribution in [0.3, 0.4) is 0 Å². The van der Waals surface area contributed by atoms with E-state index in [0.29, 0.717) is 0 Å². The zero-order valence-corrected chi connectivity index (χ0v) is 6.24. The molecule has 4 heavy (non-hydrogen) atoms. The van der Waals surface area contributed by atoms with Crippen molar-refractivity contribution in [2.75, 3.05) is 0 Å². The van der Waals surface area contributed by atoms with Gasteiger partial charge in [-0.25, -0.2) is 0 Å². The van der Waals surface area contributed by atoms with Crippen LogP contribution in [0, 0.1) is 0 Å². The molecule has 0 rings (SSSR count). The molecule has 0 nitrogen and oxygen atoms in total. The van der Waals surface area contributed by atoms with Crippen molar-refractivity contribution < 1.29 is 0 Å². The molecule has 0 aliphatic heterocycles. The molecule has 6 valence electrons. The van der Waals surface area contributed by atoms with Crippen molar-refractivity contribution >= 4 is 83.8 Å². The van der Waals surface area contributed by atoms with Crippen molar-refractivity contribution in [2.45, 2.75) is 0 Å². The molecule has 0 bridgehead atoms. The van der Waals surface area contributed by atoms with Crippen molar-refractivity contribution in [3.63, 3.8) is 0 Å². The molecule has 0 aliphatic rings. The van der Waals surface area contributed by atoms with Gasteiger partial charge in [-0.3, -0.25) is 0 Å². The average molecular weight is 62.5 g/mol. The minimum Gasteiger partial charge on any atom is 0 e. The van der Waals surface area contributed by atoms with Crippen LogP contribution in [0.5, 0.6) is 0 Å². The Hall–Kier alpha value is 2.73. The molecule has 0 aromatic rings. The van der Waals surface area contributed by atoms with Crippen LogP contribution in [0.15, 0.2) is 0 Å². The summed E-state index contributed by atoms with van der Waals surface area (Å²) in [6, 6.07) is 0. The molecule has 0 aromatic carbocycles. The molecule has 0 amide bonds. The smallest absolute Gasteiger partial charge is 0 e. The average Bonchev–Trinajstić information content (AvgIpc) is 0. The van der Waals surface area contributed by atoms with Gasteiger partial charge in [0, 0.05) is 83.8 Å². The second-order valence-electron chi connectivity index (χ2n) is 0. The Balaban J connectivity index is 0. The van der Waals surface area contributed by atoms with Crippen LogP contribution in [0.25, 0.3) is 0 Å². The minimum atomic E-state index is 0. The Morgan fingerprint density at radius 1 is 0.500 bits per heavy atom. The predicted molar refractivity (Wildman–Crippen MR) is 23.0 cm³/mol. The van der Waals surface area contributed by atoms with Gasteiger partial charge in [-0.1, -0.05) is 0 Å². The van der Waals surface area contributed by atoms with E-state index in [1.807, 2.05) is 0 Å². The molecule has 0 aliphatic carbocycles. The predicted octanol–water partition coefficient (Wildman–Crippen LogP) is -1.52. The fourth-order valence-electron chi connectivity index (χ4n) is 0. The Labute approximate surface area is 82.5 Å². The molecular formula is Li2Mg2. The Morgan fingerprint density at radius 3 is 0.500 bits per heavy atom. The number of hydrogen-bond acceptors (Lipinski definition) is 0. The third kappa shape index (κ3) is 8.83. The third-order valence-corrected chi connectivity index (χ3v) is 0. The summed E-state index contributed by atoms with van der Waals surface area (Å²) >= 11 is 0. The van der Waals surface area contributed by atoms with E-state index in [1.165, 1.54) is 0 Å². The van der Waals surface area contributed by atoms with Crippen LogP contribution in [0.1, 0.15) is 0 Å². The van der Waals surface area contributed by atoms with Gasteiger partial charge in [0.25, 0.3) is 0 Å². The van der Waals surface area contributed by atoms with Gasteiger partial charge < -0.3 is 0 Å². The molecule has 0 fully saturated rings. The van der Waals surface area contributed by atoms with E-state index in [1.54, 1.807) is 0 Å². The molecule has 6 radical (unpaired) electrons. The van der Waals surface area contributed by atoms with Gasteiger partial charge in [0.05, 0.1) is 0 Å². The Kier molecular flexibility index (Phi) is 128. The molecule has 0 atom stereocenters. The second-order valence-corrected chi connectivity index (χ2v) is 0. The fraction of sp³-hybridized carbons (Fsp3) is 0. The zero-order chi connectivity index (χ0) is 0. The van der Waals surface area contributed by atoms with Crippen LogP contribution in [-0.2, 0) is 0 Å². The Morgan fingerprint density at radius 2 is 0.500 bits per heavy atom. The molecule has 0 saturated heterocycles. The fourth-order valence-corrected chi connectivity index (χ4v) is 0. The van der Waals surface area contributed by atoms with Crippen molar-refractivity contribution in [1.29, 1.82) is 0 Å². The van der Waals surface area contributed by atoms with Crippen molar-refractivity contribution in [3.05, 3.63) is 0 Å². The second kappa shape index (κ2) is 17.2. The van der Waals surface area contributed by atoms with Crippen LogP contribution < -0.4 is 0 Å². The molecule has 0 heterocycles.